The number of carbonyl (C=O) groups excluding carboxylic acids is 3. The van der Waals surface area contributed by atoms with Crippen LogP contribution >= 0.6 is 0 Å². The molecule has 0 bridgehead atoms. The maximum absolute atomic E-state index is 12.3. The smallest absolute Gasteiger partial charge is 0.251 e. The molecular weight excluding hydrogens is 490 g/mol. The average molecular weight is 522 g/mol. The van der Waals surface area contributed by atoms with Gasteiger partial charge in [-0.3, -0.25) is 14.4 Å². The number of aryl methyl sites for hydroxylation is 2. The maximum Gasteiger partial charge on any atom is 0.251 e. The molecule has 0 aromatic heterocycles. The number of amides is 2. The zero-order valence-electron chi connectivity index (χ0n) is 21.8. The number of carbonyl (C=O) groups is 3. The van der Waals surface area contributed by atoms with Gasteiger partial charge in [-0.05, 0) is 85.7 Å². The number of Topliss-reactive ketones (excluding diaryl/α,β-unsaturated/α-hetero) is 1. The van der Waals surface area contributed by atoms with E-state index in [1.54, 1.807) is 24.3 Å². The molecule has 2 amide bonds. The fourth-order valence-electron chi connectivity index (χ4n) is 3.72. The van der Waals surface area contributed by atoms with E-state index in [9.17, 15) is 14.4 Å². The molecule has 7 nitrogen and oxygen atoms in total. The molecule has 5 N–H and O–H groups in total. The number of aliphatic hydroxyl groups is 1. The summed E-state index contributed by atoms with van der Waals surface area (Å²) < 4.78 is 0. The fourth-order valence-corrected chi connectivity index (χ4v) is 3.72. The van der Waals surface area contributed by atoms with E-state index in [4.69, 9.17) is 10.8 Å². The minimum absolute atomic E-state index is 0.0197. The van der Waals surface area contributed by atoms with E-state index < -0.39 is 24.3 Å². The van der Waals surface area contributed by atoms with Gasteiger partial charge in [0.2, 0.25) is 5.91 Å². The number of nitrogens with two attached hydrogens (primary N) is 1. The van der Waals surface area contributed by atoms with E-state index in [-0.39, 0.29) is 12.5 Å². The van der Waals surface area contributed by atoms with E-state index in [1.165, 1.54) is 11.1 Å². The minimum atomic E-state index is -0.933. The van der Waals surface area contributed by atoms with Crippen LogP contribution in [-0.2, 0) is 16.0 Å². The maximum atomic E-state index is 12.3. The Morgan fingerprint density at radius 2 is 1.56 bits per heavy atom. The lowest BCUT2D eigenvalue weighted by Crippen LogP contribution is -2.46. The molecule has 0 fully saturated rings. The van der Waals surface area contributed by atoms with Gasteiger partial charge < -0.3 is 21.5 Å². The molecule has 0 radical (unpaired) electrons. The van der Waals surface area contributed by atoms with Crippen molar-refractivity contribution in [2.45, 2.75) is 32.2 Å². The van der Waals surface area contributed by atoms with Gasteiger partial charge in [0.15, 0.2) is 5.78 Å². The Kier molecular flexibility index (Phi) is 11.0. The summed E-state index contributed by atoms with van der Waals surface area (Å²) in [4.78, 5) is 36.1. The van der Waals surface area contributed by atoms with Crippen molar-refractivity contribution in [2.75, 3.05) is 18.5 Å². The molecule has 7 heteroatoms. The lowest BCUT2D eigenvalue weighted by molar-refractivity contribution is -0.123. The van der Waals surface area contributed by atoms with Crippen LogP contribution in [0.3, 0.4) is 0 Å². The highest BCUT2D eigenvalue weighted by Crippen LogP contribution is 2.12. The standard InChI is InChI=1S/C32H31N3O4/c1-23-6-4-9-26(20-23)10-5-11-31(38)34-28-18-14-25(15-19-28)8-3-2-7-24-12-16-27(17-13-24)32(39)35-29(21-33)30(37)22-36/h4,6,9,12-20,29,36H,5,10-11,21-22,33H2,1H3,(H,34,38)(H,35,39)/t29-/m0/s1. The monoisotopic (exact) mass is 521 g/mol. The molecule has 0 saturated carbocycles. The normalized spacial score (nSPS) is 10.7. The van der Waals surface area contributed by atoms with Crippen LogP contribution in [0.25, 0.3) is 0 Å². The topological polar surface area (TPSA) is 122 Å². The largest absolute Gasteiger partial charge is 0.388 e. The number of nitrogens with one attached hydrogen (secondary N) is 2. The molecule has 0 aliphatic heterocycles. The van der Waals surface area contributed by atoms with Gasteiger partial charge in [-0.15, -0.1) is 0 Å². The lowest BCUT2D eigenvalue weighted by Gasteiger charge is -2.14. The highest BCUT2D eigenvalue weighted by molar-refractivity contribution is 5.98. The van der Waals surface area contributed by atoms with E-state index in [2.05, 4.69) is 59.4 Å². The van der Waals surface area contributed by atoms with Gasteiger partial charge in [-0.1, -0.05) is 41.7 Å². The summed E-state index contributed by atoms with van der Waals surface area (Å²) in [5, 5.41) is 14.4. The first-order valence-electron chi connectivity index (χ1n) is 12.6. The van der Waals surface area contributed by atoms with Crippen LogP contribution in [0.2, 0.25) is 0 Å². The summed E-state index contributed by atoms with van der Waals surface area (Å²) in [6, 6.07) is 21.2. The fraction of sp³-hybridized carbons (Fsp3) is 0.219. The molecule has 0 heterocycles. The molecule has 198 valence electrons. The van der Waals surface area contributed by atoms with Crippen molar-refractivity contribution < 1.29 is 19.5 Å². The average Bonchev–Trinajstić information content (AvgIpc) is 2.94. The molecule has 3 rings (SSSR count). The summed E-state index contributed by atoms with van der Waals surface area (Å²) in [6.45, 7) is 1.28. The van der Waals surface area contributed by atoms with E-state index in [0.717, 1.165) is 24.1 Å². The van der Waals surface area contributed by atoms with Gasteiger partial charge in [0, 0.05) is 35.3 Å². The summed E-state index contributed by atoms with van der Waals surface area (Å²) in [7, 11) is 0. The van der Waals surface area contributed by atoms with Crippen molar-refractivity contribution in [3.05, 3.63) is 101 Å². The van der Waals surface area contributed by atoms with Crippen LogP contribution in [0.1, 0.15) is 45.5 Å². The van der Waals surface area contributed by atoms with Gasteiger partial charge in [0.05, 0.1) is 0 Å². The lowest BCUT2D eigenvalue weighted by atomic mass is 10.1. The van der Waals surface area contributed by atoms with Crippen LogP contribution in [0.4, 0.5) is 5.69 Å². The molecule has 0 saturated heterocycles. The van der Waals surface area contributed by atoms with E-state index >= 15 is 0 Å². The number of benzene rings is 3. The SMILES string of the molecule is Cc1cccc(CCCC(=O)Nc2ccc(C#CC#Cc3ccc(C(=O)N[C@@H](CN)C(=O)CO)cc3)cc2)c1. The third-order valence-corrected chi connectivity index (χ3v) is 5.83. The van der Waals surface area contributed by atoms with Crippen molar-refractivity contribution in [1.29, 1.82) is 0 Å². The zero-order valence-corrected chi connectivity index (χ0v) is 21.8. The highest BCUT2D eigenvalue weighted by atomic mass is 16.3. The number of hydrogen-bond acceptors (Lipinski definition) is 5. The number of rotatable bonds is 10. The van der Waals surface area contributed by atoms with Gasteiger partial charge in [0.1, 0.15) is 12.6 Å². The van der Waals surface area contributed by atoms with Gasteiger partial charge in [-0.25, -0.2) is 0 Å². The molecule has 39 heavy (non-hydrogen) atoms. The summed E-state index contributed by atoms with van der Waals surface area (Å²) in [5.74, 6) is 10.4. The zero-order chi connectivity index (χ0) is 28.0. The van der Waals surface area contributed by atoms with Crippen LogP contribution in [-0.4, -0.2) is 41.9 Å². The van der Waals surface area contributed by atoms with Crippen LogP contribution < -0.4 is 16.4 Å². The number of anilines is 1. The van der Waals surface area contributed by atoms with Crippen LogP contribution in [0.15, 0.2) is 72.8 Å². The summed E-state index contributed by atoms with van der Waals surface area (Å²) in [6.07, 6.45) is 2.11. The molecule has 0 aliphatic rings. The van der Waals surface area contributed by atoms with Crippen molar-refractivity contribution in [3.63, 3.8) is 0 Å². The van der Waals surface area contributed by atoms with Crippen molar-refractivity contribution in [3.8, 4) is 23.7 Å². The Morgan fingerprint density at radius 1 is 0.923 bits per heavy atom. The molecule has 0 spiro atoms. The van der Waals surface area contributed by atoms with Crippen molar-refractivity contribution in [1.82, 2.24) is 5.32 Å². The third-order valence-electron chi connectivity index (χ3n) is 5.83. The quantitative estimate of drug-likeness (QED) is 0.306. The van der Waals surface area contributed by atoms with Crippen molar-refractivity contribution in [2.24, 2.45) is 5.73 Å². The molecule has 0 aliphatic carbocycles. The van der Waals surface area contributed by atoms with Crippen molar-refractivity contribution >= 4 is 23.3 Å². The number of aliphatic hydroxyl groups excluding tert-OH is 1. The highest BCUT2D eigenvalue weighted by Gasteiger charge is 2.18. The van der Waals surface area contributed by atoms with E-state index in [1.807, 2.05) is 30.3 Å². The molecular formula is C32H31N3O4. The van der Waals surface area contributed by atoms with Gasteiger partial charge in [0.25, 0.3) is 5.91 Å². The van der Waals surface area contributed by atoms with E-state index in [0.29, 0.717) is 17.5 Å². The van der Waals surface area contributed by atoms with Gasteiger partial charge in [-0.2, -0.15) is 0 Å². The Balaban J connectivity index is 1.47. The van der Waals surface area contributed by atoms with Crippen LogP contribution in [0.5, 0.6) is 0 Å². The number of ketones is 1. The molecule has 1 atom stereocenters. The first-order chi connectivity index (χ1) is 18.9. The number of hydrogen-bond donors (Lipinski definition) is 4. The predicted octanol–water partition coefficient (Wildman–Crippen LogP) is 2.98. The Hall–Kier alpha value is -4.69. The Bertz CT molecular complexity index is 1420. The second-order valence-electron chi connectivity index (χ2n) is 8.93. The first-order valence-corrected chi connectivity index (χ1v) is 12.6. The Labute approximate surface area is 228 Å². The Morgan fingerprint density at radius 3 is 2.15 bits per heavy atom. The predicted molar refractivity (Wildman–Crippen MR) is 152 cm³/mol. The minimum Gasteiger partial charge on any atom is -0.388 e. The van der Waals surface area contributed by atoms with Crippen LogP contribution in [0, 0.1) is 30.6 Å². The molecule has 3 aromatic carbocycles. The molecule has 0 unspecified atom stereocenters. The first kappa shape index (κ1) is 28.9. The molecule has 3 aromatic rings. The summed E-state index contributed by atoms with van der Waals surface area (Å²) >= 11 is 0. The second-order valence-corrected chi connectivity index (χ2v) is 8.93. The van der Waals surface area contributed by atoms with Gasteiger partial charge >= 0.3 is 0 Å². The third kappa shape index (κ3) is 9.60. The summed E-state index contributed by atoms with van der Waals surface area (Å²) in [5.41, 5.74) is 10.4. The second kappa shape index (κ2) is 14.9.